The van der Waals surface area contributed by atoms with Gasteiger partial charge in [0.15, 0.2) is 0 Å². The molecular weight excluding hydrogens is 200 g/mol. The zero-order valence-corrected chi connectivity index (χ0v) is 11.6. The Kier molecular flexibility index (Phi) is 3.68. The average Bonchev–Trinajstić information content (AvgIpc) is 2.30. The number of hydrogen-bond donors (Lipinski definition) is 1. The predicted molar refractivity (Wildman–Crippen MR) is 67.3 cm³/mol. The summed E-state index contributed by atoms with van der Waals surface area (Å²) in [6.45, 7) is 14.6. The van der Waals surface area contributed by atoms with E-state index in [1.807, 2.05) is 4.90 Å². The van der Waals surface area contributed by atoms with Crippen molar-refractivity contribution < 1.29 is 4.79 Å². The molecule has 1 rings (SSSR count). The summed E-state index contributed by atoms with van der Waals surface area (Å²) < 4.78 is 0. The van der Waals surface area contributed by atoms with Crippen molar-refractivity contribution in [1.82, 2.24) is 10.2 Å². The maximum absolute atomic E-state index is 12.1. The largest absolute Gasteiger partial charge is 0.341 e. The Morgan fingerprint density at radius 1 is 1.25 bits per heavy atom. The Morgan fingerprint density at radius 3 is 2.25 bits per heavy atom. The summed E-state index contributed by atoms with van der Waals surface area (Å²) in [6, 6.07) is 0.0161. The molecule has 3 heteroatoms. The van der Waals surface area contributed by atoms with Gasteiger partial charge < -0.3 is 10.2 Å². The molecule has 0 bridgehead atoms. The summed E-state index contributed by atoms with van der Waals surface area (Å²) in [7, 11) is 0. The summed E-state index contributed by atoms with van der Waals surface area (Å²) in [6.07, 6.45) is 0.937. The number of nitrogens with one attached hydrogen (secondary N) is 1. The lowest BCUT2D eigenvalue weighted by Crippen LogP contribution is -2.48. The van der Waals surface area contributed by atoms with Crippen molar-refractivity contribution in [2.24, 2.45) is 5.41 Å². The minimum atomic E-state index is 0.0120. The number of carbonyl (C=O) groups is 1. The van der Waals surface area contributed by atoms with Gasteiger partial charge in [0.05, 0.1) is 6.04 Å². The van der Waals surface area contributed by atoms with E-state index in [1.165, 1.54) is 0 Å². The fourth-order valence-electron chi connectivity index (χ4n) is 2.13. The van der Waals surface area contributed by atoms with E-state index in [9.17, 15) is 4.79 Å². The molecule has 1 saturated heterocycles. The summed E-state index contributed by atoms with van der Waals surface area (Å²) >= 11 is 0. The van der Waals surface area contributed by atoms with Gasteiger partial charge in [-0.1, -0.05) is 20.8 Å². The molecule has 1 unspecified atom stereocenters. The molecule has 16 heavy (non-hydrogen) atoms. The second kappa shape index (κ2) is 4.36. The van der Waals surface area contributed by atoms with E-state index < -0.39 is 0 Å². The second-order valence-electron chi connectivity index (χ2n) is 7.06. The first-order valence-electron chi connectivity index (χ1n) is 6.15. The van der Waals surface area contributed by atoms with Crippen molar-refractivity contribution in [3.05, 3.63) is 0 Å². The molecule has 0 aromatic carbocycles. The van der Waals surface area contributed by atoms with Gasteiger partial charge in [0.25, 0.3) is 0 Å². The van der Waals surface area contributed by atoms with Crippen LogP contribution in [0, 0.1) is 5.41 Å². The highest BCUT2D eigenvalue weighted by atomic mass is 16.2. The molecule has 1 fully saturated rings. The van der Waals surface area contributed by atoms with Crippen LogP contribution in [0.2, 0.25) is 0 Å². The second-order valence-corrected chi connectivity index (χ2v) is 7.06. The molecule has 1 amide bonds. The minimum Gasteiger partial charge on any atom is -0.341 e. The fourth-order valence-corrected chi connectivity index (χ4v) is 2.13. The maximum atomic E-state index is 12.1. The number of nitrogens with zero attached hydrogens (tertiary/aromatic N) is 1. The van der Waals surface area contributed by atoms with Crippen LogP contribution in [0.3, 0.4) is 0 Å². The van der Waals surface area contributed by atoms with Gasteiger partial charge in [0, 0.05) is 18.6 Å². The monoisotopic (exact) mass is 226 g/mol. The quantitative estimate of drug-likeness (QED) is 0.781. The normalized spacial score (nSPS) is 23.0. The number of amides is 1. The van der Waals surface area contributed by atoms with Gasteiger partial charge in [-0.25, -0.2) is 0 Å². The highest BCUT2D eigenvalue weighted by Crippen LogP contribution is 2.21. The fraction of sp³-hybridized carbons (Fsp3) is 0.923. The van der Waals surface area contributed by atoms with Gasteiger partial charge in [0.1, 0.15) is 0 Å². The minimum absolute atomic E-state index is 0.0120. The number of carbonyl (C=O) groups excluding carboxylic acids is 1. The van der Waals surface area contributed by atoms with E-state index in [0.29, 0.717) is 0 Å². The third kappa shape index (κ3) is 4.12. The number of rotatable bonds is 2. The van der Waals surface area contributed by atoms with Crippen LogP contribution < -0.4 is 5.32 Å². The first kappa shape index (κ1) is 13.5. The molecule has 1 heterocycles. The molecular formula is C13H26N2O. The van der Waals surface area contributed by atoms with Crippen molar-refractivity contribution in [3.8, 4) is 0 Å². The van der Waals surface area contributed by atoms with Crippen LogP contribution in [-0.4, -0.2) is 35.5 Å². The molecule has 0 spiro atoms. The van der Waals surface area contributed by atoms with Crippen LogP contribution in [0.4, 0.5) is 0 Å². The van der Waals surface area contributed by atoms with E-state index in [0.717, 1.165) is 19.5 Å². The van der Waals surface area contributed by atoms with Gasteiger partial charge in [-0.15, -0.1) is 0 Å². The smallest absolute Gasteiger partial charge is 0.239 e. The maximum Gasteiger partial charge on any atom is 0.239 e. The van der Waals surface area contributed by atoms with Gasteiger partial charge in [-0.2, -0.15) is 0 Å². The van der Waals surface area contributed by atoms with Crippen LogP contribution in [0.15, 0.2) is 0 Å². The van der Waals surface area contributed by atoms with Crippen molar-refractivity contribution in [2.45, 2.75) is 59.5 Å². The molecule has 1 atom stereocenters. The molecule has 94 valence electrons. The van der Waals surface area contributed by atoms with E-state index in [-0.39, 0.29) is 22.9 Å². The molecule has 0 aromatic rings. The lowest BCUT2D eigenvalue weighted by Gasteiger charge is -2.28. The van der Waals surface area contributed by atoms with E-state index >= 15 is 0 Å². The van der Waals surface area contributed by atoms with Crippen molar-refractivity contribution in [3.63, 3.8) is 0 Å². The van der Waals surface area contributed by atoms with Crippen molar-refractivity contribution in [1.29, 1.82) is 0 Å². The Hall–Kier alpha value is -0.570. The molecule has 0 aromatic heterocycles. The topological polar surface area (TPSA) is 32.3 Å². The first-order valence-corrected chi connectivity index (χ1v) is 6.15. The van der Waals surface area contributed by atoms with E-state index in [2.05, 4.69) is 46.9 Å². The van der Waals surface area contributed by atoms with Crippen LogP contribution in [0.5, 0.6) is 0 Å². The molecule has 1 aliphatic heterocycles. The van der Waals surface area contributed by atoms with Gasteiger partial charge >= 0.3 is 0 Å². The SMILES string of the molecule is CC(C)(C)CN1CCC(NC(C)(C)C)C1=O. The highest BCUT2D eigenvalue weighted by Gasteiger charge is 2.35. The van der Waals surface area contributed by atoms with Gasteiger partial charge in [-0.05, 0) is 32.6 Å². The summed E-state index contributed by atoms with van der Waals surface area (Å²) in [5, 5.41) is 3.39. The van der Waals surface area contributed by atoms with Crippen LogP contribution in [-0.2, 0) is 4.79 Å². The average molecular weight is 226 g/mol. The van der Waals surface area contributed by atoms with Crippen LogP contribution in [0.25, 0.3) is 0 Å². The van der Waals surface area contributed by atoms with Crippen molar-refractivity contribution in [2.75, 3.05) is 13.1 Å². The molecule has 1 N–H and O–H groups in total. The summed E-state index contributed by atoms with van der Waals surface area (Å²) in [5.74, 6) is 0.268. The predicted octanol–water partition coefficient (Wildman–Crippen LogP) is 2.02. The van der Waals surface area contributed by atoms with Crippen LogP contribution >= 0.6 is 0 Å². The third-order valence-corrected chi connectivity index (χ3v) is 2.57. The summed E-state index contributed by atoms with van der Waals surface area (Å²) in [4.78, 5) is 14.1. The standard InChI is InChI=1S/C13H26N2O/c1-12(2,3)9-15-8-7-10(11(15)16)14-13(4,5)6/h10,14H,7-9H2,1-6H3. The molecule has 0 saturated carbocycles. The van der Waals surface area contributed by atoms with Crippen molar-refractivity contribution >= 4 is 5.91 Å². The Balaban J connectivity index is 2.55. The lowest BCUT2D eigenvalue weighted by molar-refractivity contribution is -0.130. The Bertz CT molecular complexity index is 234. The van der Waals surface area contributed by atoms with E-state index in [1.54, 1.807) is 0 Å². The molecule has 0 radical (unpaired) electrons. The summed E-state index contributed by atoms with van der Waals surface area (Å²) in [5.41, 5.74) is 0.199. The number of likely N-dealkylation sites (tertiary alicyclic amines) is 1. The third-order valence-electron chi connectivity index (χ3n) is 2.57. The Morgan fingerprint density at radius 2 is 1.81 bits per heavy atom. The van der Waals surface area contributed by atoms with Gasteiger partial charge in [0.2, 0.25) is 5.91 Å². The zero-order valence-electron chi connectivity index (χ0n) is 11.6. The number of hydrogen-bond acceptors (Lipinski definition) is 2. The van der Waals surface area contributed by atoms with Crippen LogP contribution in [0.1, 0.15) is 48.0 Å². The molecule has 0 aliphatic carbocycles. The first-order chi connectivity index (χ1) is 7.08. The zero-order chi connectivity index (χ0) is 12.6. The Labute approximate surface area is 99.6 Å². The van der Waals surface area contributed by atoms with Gasteiger partial charge in [-0.3, -0.25) is 4.79 Å². The molecule has 1 aliphatic rings. The highest BCUT2D eigenvalue weighted by molar-refractivity contribution is 5.84. The molecule has 3 nitrogen and oxygen atoms in total. The van der Waals surface area contributed by atoms with E-state index in [4.69, 9.17) is 0 Å². The lowest BCUT2D eigenvalue weighted by atomic mass is 9.96.